The van der Waals surface area contributed by atoms with Gasteiger partial charge in [0.15, 0.2) is 5.82 Å². The fourth-order valence-corrected chi connectivity index (χ4v) is 3.63. The molecule has 4 rings (SSSR count). The number of nitrogens with one attached hydrogen (secondary N) is 1. The Morgan fingerprint density at radius 3 is 2.39 bits per heavy atom. The van der Waals surface area contributed by atoms with Crippen LogP contribution in [0.5, 0.6) is 5.88 Å². The maximum atomic E-state index is 13.2. The number of amides is 2. The maximum Gasteiger partial charge on any atom is 0.420 e. The van der Waals surface area contributed by atoms with Crippen LogP contribution in [0.3, 0.4) is 0 Å². The topological polar surface area (TPSA) is 113 Å². The zero-order chi connectivity index (χ0) is 23.4. The summed E-state index contributed by atoms with van der Waals surface area (Å²) in [5.74, 6) is -0.216. The fourth-order valence-electron chi connectivity index (χ4n) is 3.20. The lowest BCUT2D eigenvalue weighted by atomic mass is 10.1. The first kappa shape index (κ1) is 22.4. The first-order chi connectivity index (χ1) is 15.8. The Morgan fingerprint density at radius 1 is 1.00 bits per heavy atom. The second kappa shape index (κ2) is 9.36. The summed E-state index contributed by atoms with van der Waals surface area (Å²) in [5, 5.41) is 17.8. The van der Waals surface area contributed by atoms with Crippen molar-refractivity contribution in [3.05, 3.63) is 53.0 Å². The van der Waals surface area contributed by atoms with E-state index in [1.807, 2.05) is 4.90 Å². The fraction of sp³-hybridized carbons (Fsp3) is 0.263. The van der Waals surface area contributed by atoms with Gasteiger partial charge in [-0.25, -0.2) is 4.79 Å². The molecule has 3 aromatic rings. The number of ether oxygens (including phenoxy) is 1. The van der Waals surface area contributed by atoms with E-state index in [4.69, 9.17) is 4.74 Å². The molecule has 0 saturated carbocycles. The van der Waals surface area contributed by atoms with Crippen molar-refractivity contribution < 1.29 is 27.5 Å². The lowest BCUT2D eigenvalue weighted by Gasteiger charge is -2.35. The van der Waals surface area contributed by atoms with Gasteiger partial charge in [-0.1, -0.05) is 23.5 Å². The molecule has 0 radical (unpaired) electrons. The van der Waals surface area contributed by atoms with E-state index in [2.05, 4.69) is 25.7 Å². The van der Waals surface area contributed by atoms with Crippen molar-refractivity contribution in [3.63, 3.8) is 0 Å². The molecule has 14 heteroatoms. The van der Waals surface area contributed by atoms with Crippen LogP contribution in [-0.4, -0.2) is 63.5 Å². The highest BCUT2D eigenvalue weighted by Gasteiger charge is 2.36. The van der Waals surface area contributed by atoms with Crippen LogP contribution in [0, 0.1) is 0 Å². The summed E-state index contributed by atoms with van der Waals surface area (Å²) in [5.41, 5.74) is 0.132. The summed E-state index contributed by atoms with van der Waals surface area (Å²) < 4.78 is 44.7. The molecular weight excluding hydrogens is 463 g/mol. The summed E-state index contributed by atoms with van der Waals surface area (Å²) >= 11 is 1.13. The van der Waals surface area contributed by atoms with Crippen LogP contribution in [0.25, 0.3) is 0 Å². The van der Waals surface area contributed by atoms with Gasteiger partial charge in [0.25, 0.3) is 5.91 Å². The second-order valence-electron chi connectivity index (χ2n) is 6.81. The minimum absolute atomic E-state index is 0.0293. The predicted molar refractivity (Wildman–Crippen MR) is 111 cm³/mol. The molecule has 3 heterocycles. The van der Waals surface area contributed by atoms with Gasteiger partial charge in [0.05, 0.1) is 11.1 Å². The largest absolute Gasteiger partial charge is 0.420 e. The van der Waals surface area contributed by atoms with Crippen LogP contribution in [0.2, 0.25) is 0 Å². The monoisotopic (exact) mass is 479 g/mol. The van der Waals surface area contributed by atoms with E-state index in [-0.39, 0.29) is 29.7 Å². The number of alkyl halides is 3. The van der Waals surface area contributed by atoms with Gasteiger partial charge in [0.2, 0.25) is 11.0 Å². The van der Waals surface area contributed by atoms with E-state index in [9.17, 15) is 22.8 Å². The molecule has 0 bridgehead atoms. The molecule has 2 amide bonds. The third-order valence-corrected chi connectivity index (χ3v) is 5.35. The van der Waals surface area contributed by atoms with Crippen molar-refractivity contribution in [2.24, 2.45) is 0 Å². The minimum atomic E-state index is -4.61. The van der Waals surface area contributed by atoms with E-state index >= 15 is 0 Å². The summed E-state index contributed by atoms with van der Waals surface area (Å²) in [6.07, 6.45) is -5.40. The van der Waals surface area contributed by atoms with E-state index < -0.39 is 23.7 Å². The quantitative estimate of drug-likeness (QED) is 0.608. The SMILES string of the molecule is O=C(Nc1nncs1)Oc1ccc(N2CCN(C(=O)c3ccccc3C(F)(F)F)CC2)nn1. The Kier molecular flexibility index (Phi) is 6.35. The number of rotatable bonds is 4. The Balaban J connectivity index is 1.34. The average Bonchev–Trinajstić information content (AvgIpc) is 3.31. The van der Waals surface area contributed by atoms with Crippen LogP contribution in [0.15, 0.2) is 41.9 Å². The molecule has 10 nitrogen and oxygen atoms in total. The number of benzene rings is 1. The van der Waals surface area contributed by atoms with Crippen molar-refractivity contribution in [3.8, 4) is 5.88 Å². The number of hydrogen-bond donors (Lipinski definition) is 1. The highest BCUT2D eigenvalue weighted by molar-refractivity contribution is 7.13. The van der Waals surface area contributed by atoms with Crippen molar-refractivity contribution in [2.45, 2.75) is 6.18 Å². The van der Waals surface area contributed by atoms with Gasteiger partial charge < -0.3 is 14.5 Å². The van der Waals surface area contributed by atoms with Gasteiger partial charge in [-0.05, 0) is 18.2 Å². The molecule has 0 aliphatic carbocycles. The Labute approximate surface area is 189 Å². The van der Waals surface area contributed by atoms with Crippen molar-refractivity contribution in [1.29, 1.82) is 0 Å². The number of piperazine rings is 1. The van der Waals surface area contributed by atoms with Crippen molar-refractivity contribution >= 4 is 34.3 Å². The number of carbonyl (C=O) groups excluding carboxylic acids is 2. The molecule has 33 heavy (non-hydrogen) atoms. The normalized spacial score (nSPS) is 14.2. The van der Waals surface area contributed by atoms with E-state index in [1.54, 1.807) is 6.07 Å². The summed E-state index contributed by atoms with van der Waals surface area (Å²) in [4.78, 5) is 27.7. The van der Waals surface area contributed by atoms with E-state index in [0.717, 1.165) is 17.4 Å². The molecule has 1 aliphatic rings. The molecule has 1 aromatic carbocycles. The zero-order valence-electron chi connectivity index (χ0n) is 16.8. The lowest BCUT2D eigenvalue weighted by molar-refractivity contribution is -0.138. The third-order valence-electron chi connectivity index (χ3n) is 4.75. The number of hydrogen-bond acceptors (Lipinski definition) is 9. The van der Waals surface area contributed by atoms with Gasteiger partial charge in [-0.3, -0.25) is 10.1 Å². The van der Waals surface area contributed by atoms with Gasteiger partial charge >= 0.3 is 12.3 Å². The van der Waals surface area contributed by atoms with Crippen LogP contribution in [0.1, 0.15) is 15.9 Å². The van der Waals surface area contributed by atoms with Crippen LogP contribution in [-0.2, 0) is 6.18 Å². The van der Waals surface area contributed by atoms with Crippen LogP contribution >= 0.6 is 11.3 Å². The number of aromatic nitrogens is 4. The summed E-state index contributed by atoms with van der Waals surface area (Å²) in [6, 6.07) is 7.80. The molecule has 1 fully saturated rings. The number of carbonyl (C=O) groups is 2. The van der Waals surface area contributed by atoms with Gasteiger partial charge in [-0.15, -0.1) is 20.4 Å². The molecule has 0 spiro atoms. The highest BCUT2D eigenvalue weighted by Crippen LogP contribution is 2.32. The Morgan fingerprint density at radius 2 is 1.76 bits per heavy atom. The number of nitrogens with zero attached hydrogens (tertiary/aromatic N) is 6. The molecule has 1 N–H and O–H groups in total. The van der Waals surface area contributed by atoms with Crippen molar-refractivity contribution in [1.82, 2.24) is 25.3 Å². The van der Waals surface area contributed by atoms with Crippen LogP contribution in [0.4, 0.5) is 28.9 Å². The Bertz CT molecular complexity index is 1120. The third kappa shape index (κ3) is 5.34. The first-order valence-corrected chi connectivity index (χ1v) is 10.5. The molecule has 2 aromatic heterocycles. The summed E-state index contributed by atoms with van der Waals surface area (Å²) in [6.45, 7) is 1.14. The molecule has 1 saturated heterocycles. The smallest absolute Gasteiger partial charge is 0.389 e. The minimum Gasteiger partial charge on any atom is -0.389 e. The van der Waals surface area contributed by atoms with Gasteiger partial charge in [-0.2, -0.15) is 13.2 Å². The van der Waals surface area contributed by atoms with E-state index in [0.29, 0.717) is 18.9 Å². The lowest BCUT2D eigenvalue weighted by Crippen LogP contribution is -2.49. The Hall–Kier alpha value is -3.81. The molecule has 172 valence electrons. The van der Waals surface area contributed by atoms with Gasteiger partial charge in [0.1, 0.15) is 5.51 Å². The maximum absolute atomic E-state index is 13.2. The predicted octanol–water partition coefficient (Wildman–Crippen LogP) is 2.92. The highest BCUT2D eigenvalue weighted by atomic mass is 32.1. The second-order valence-corrected chi connectivity index (χ2v) is 7.64. The van der Waals surface area contributed by atoms with Gasteiger partial charge in [0, 0.05) is 32.2 Å². The standard InChI is InChI=1S/C19H16F3N7O3S/c20-19(21,22)13-4-2-1-3-12(13)16(30)29-9-7-28(8-10-29)14-5-6-15(26-25-14)32-18(31)24-17-27-23-11-33-17/h1-6,11H,7-10H2,(H,24,27,31). The zero-order valence-corrected chi connectivity index (χ0v) is 17.6. The van der Waals surface area contributed by atoms with Crippen LogP contribution < -0.4 is 15.0 Å². The van der Waals surface area contributed by atoms with Crippen molar-refractivity contribution in [2.75, 3.05) is 36.4 Å². The number of halogens is 3. The molecular formula is C19H16F3N7O3S. The summed E-state index contributed by atoms with van der Waals surface area (Å²) in [7, 11) is 0. The average molecular weight is 479 g/mol. The first-order valence-electron chi connectivity index (χ1n) is 9.60. The number of anilines is 2. The molecule has 0 unspecified atom stereocenters. The molecule has 0 atom stereocenters. The molecule has 1 aliphatic heterocycles. The van der Waals surface area contributed by atoms with E-state index in [1.165, 1.54) is 34.7 Å².